The zero-order valence-corrected chi connectivity index (χ0v) is 14.0. The average molecular weight is 356 g/mol. The number of halogens is 2. The van der Waals surface area contributed by atoms with Gasteiger partial charge < -0.3 is 10.6 Å². The number of nitrogens with two attached hydrogens (primary N) is 1. The van der Waals surface area contributed by atoms with Gasteiger partial charge in [0, 0.05) is 44.2 Å². The Morgan fingerprint density at radius 1 is 1.23 bits per heavy atom. The van der Waals surface area contributed by atoms with E-state index in [0.717, 1.165) is 28.9 Å². The van der Waals surface area contributed by atoms with E-state index in [1.54, 1.807) is 0 Å². The molecule has 0 atom stereocenters. The van der Waals surface area contributed by atoms with Crippen molar-refractivity contribution in [2.24, 2.45) is 16.6 Å². The number of piperidine rings is 1. The Kier molecular flexibility index (Phi) is 6.27. The minimum atomic E-state index is -4.44. The second kappa shape index (κ2) is 7.78. The first-order valence-electron chi connectivity index (χ1n) is 7.31. The molecular formula is C12H22F2N4O2S2. The van der Waals surface area contributed by atoms with Crippen LogP contribution in [0.25, 0.3) is 0 Å². The molecule has 0 aromatic rings. The minimum absolute atomic E-state index is 0.132. The fourth-order valence-electron chi connectivity index (χ4n) is 2.57. The average Bonchev–Trinajstić information content (AvgIpc) is 2.53. The van der Waals surface area contributed by atoms with E-state index in [-0.39, 0.29) is 19.0 Å². The van der Waals surface area contributed by atoms with Gasteiger partial charge in [0.1, 0.15) is 0 Å². The number of sulfonamides is 1. The highest BCUT2D eigenvalue weighted by Crippen LogP contribution is 2.22. The highest BCUT2D eigenvalue weighted by atomic mass is 32.2. The van der Waals surface area contributed by atoms with Crippen LogP contribution in [0, 0.1) is 5.92 Å². The Morgan fingerprint density at radius 2 is 1.82 bits per heavy atom. The molecule has 0 saturated carbocycles. The van der Waals surface area contributed by atoms with E-state index >= 15 is 0 Å². The SMILES string of the molecule is NC(=NCC1CCN(S(=O)(=O)C(F)F)CC1)N1CCSCC1. The van der Waals surface area contributed by atoms with Gasteiger partial charge in [0.25, 0.3) is 10.0 Å². The van der Waals surface area contributed by atoms with Gasteiger partial charge >= 0.3 is 5.76 Å². The highest BCUT2D eigenvalue weighted by Gasteiger charge is 2.34. The molecule has 22 heavy (non-hydrogen) atoms. The van der Waals surface area contributed by atoms with E-state index in [2.05, 4.69) is 4.99 Å². The lowest BCUT2D eigenvalue weighted by molar-refractivity contribution is 0.205. The van der Waals surface area contributed by atoms with Gasteiger partial charge in [0.2, 0.25) is 0 Å². The van der Waals surface area contributed by atoms with Gasteiger partial charge in [-0.25, -0.2) is 8.42 Å². The fourth-order valence-corrected chi connectivity index (χ4v) is 4.42. The Bertz CT molecular complexity index is 487. The maximum atomic E-state index is 12.5. The number of hydrogen-bond acceptors (Lipinski definition) is 4. The van der Waals surface area contributed by atoms with Crippen molar-refractivity contribution in [1.29, 1.82) is 0 Å². The van der Waals surface area contributed by atoms with Crippen molar-refractivity contribution >= 4 is 27.7 Å². The quantitative estimate of drug-likeness (QED) is 0.590. The van der Waals surface area contributed by atoms with Crippen LogP contribution in [0.3, 0.4) is 0 Å². The van der Waals surface area contributed by atoms with Crippen molar-refractivity contribution in [2.75, 3.05) is 44.2 Å². The molecule has 10 heteroatoms. The van der Waals surface area contributed by atoms with E-state index in [0.29, 0.717) is 25.3 Å². The van der Waals surface area contributed by atoms with E-state index in [1.165, 1.54) is 0 Å². The lowest BCUT2D eigenvalue weighted by atomic mass is 9.98. The van der Waals surface area contributed by atoms with Crippen LogP contribution in [0.2, 0.25) is 0 Å². The molecule has 2 aliphatic rings. The molecule has 0 radical (unpaired) electrons. The van der Waals surface area contributed by atoms with Crippen molar-refractivity contribution in [1.82, 2.24) is 9.21 Å². The summed E-state index contributed by atoms with van der Waals surface area (Å²) in [5.41, 5.74) is 5.96. The van der Waals surface area contributed by atoms with Gasteiger partial charge in [-0.05, 0) is 18.8 Å². The second-order valence-corrected chi connectivity index (χ2v) is 8.57. The van der Waals surface area contributed by atoms with Crippen LogP contribution < -0.4 is 5.73 Å². The molecule has 0 unspecified atom stereocenters. The number of alkyl halides is 2. The largest absolute Gasteiger partial charge is 0.370 e. The van der Waals surface area contributed by atoms with Crippen molar-refractivity contribution in [3.8, 4) is 0 Å². The van der Waals surface area contributed by atoms with E-state index < -0.39 is 15.8 Å². The lowest BCUT2D eigenvalue weighted by Crippen LogP contribution is -2.44. The summed E-state index contributed by atoms with van der Waals surface area (Å²) in [4.78, 5) is 6.44. The number of thioether (sulfide) groups is 1. The highest BCUT2D eigenvalue weighted by molar-refractivity contribution is 7.99. The fraction of sp³-hybridized carbons (Fsp3) is 0.917. The van der Waals surface area contributed by atoms with Gasteiger partial charge in [0.05, 0.1) is 0 Å². The van der Waals surface area contributed by atoms with Crippen LogP contribution in [0.1, 0.15) is 12.8 Å². The second-order valence-electron chi connectivity index (χ2n) is 5.45. The summed E-state index contributed by atoms with van der Waals surface area (Å²) in [6.07, 6.45) is 1.08. The summed E-state index contributed by atoms with van der Waals surface area (Å²) in [6.45, 7) is 2.58. The molecule has 2 rings (SSSR count). The Hall–Kier alpha value is -0.610. The van der Waals surface area contributed by atoms with Crippen molar-refractivity contribution < 1.29 is 17.2 Å². The van der Waals surface area contributed by atoms with Gasteiger partial charge in [0.15, 0.2) is 5.96 Å². The molecular weight excluding hydrogens is 334 g/mol. The minimum Gasteiger partial charge on any atom is -0.370 e. The predicted molar refractivity (Wildman–Crippen MR) is 84.6 cm³/mol. The van der Waals surface area contributed by atoms with Gasteiger partial charge in [-0.2, -0.15) is 24.8 Å². The first-order valence-corrected chi connectivity index (χ1v) is 9.97. The summed E-state index contributed by atoms with van der Waals surface area (Å²) < 4.78 is 48.6. The maximum Gasteiger partial charge on any atom is 0.350 e. The molecule has 0 aliphatic carbocycles. The molecule has 0 spiro atoms. The number of rotatable bonds is 4. The molecule has 2 aliphatic heterocycles. The van der Waals surface area contributed by atoms with Crippen LogP contribution >= 0.6 is 11.8 Å². The summed E-state index contributed by atoms with van der Waals surface area (Å²) in [6, 6.07) is 0. The molecule has 0 amide bonds. The third-order valence-corrected chi connectivity index (χ3v) is 6.48. The molecule has 2 heterocycles. The van der Waals surface area contributed by atoms with Crippen LogP contribution in [0.4, 0.5) is 8.78 Å². The van der Waals surface area contributed by atoms with Crippen LogP contribution in [-0.4, -0.2) is 73.6 Å². The summed E-state index contributed by atoms with van der Waals surface area (Å²) in [5.74, 6) is -0.528. The third-order valence-electron chi connectivity index (χ3n) is 4.01. The summed E-state index contributed by atoms with van der Waals surface area (Å²) in [7, 11) is -4.44. The zero-order valence-electron chi connectivity index (χ0n) is 12.3. The summed E-state index contributed by atoms with van der Waals surface area (Å²) in [5, 5.41) is 0. The van der Waals surface area contributed by atoms with Crippen LogP contribution in [0.15, 0.2) is 4.99 Å². The molecule has 2 N–H and O–H groups in total. The zero-order chi connectivity index (χ0) is 16.2. The van der Waals surface area contributed by atoms with Gasteiger partial charge in [-0.3, -0.25) is 4.99 Å². The Morgan fingerprint density at radius 3 is 2.36 bits per heavy atom. The number of nitrogens with zero attached hydrogens (tertiary/aromatic N) is 3. The molecule has 0 aromatic carbocycles. The number of hydrogen-bond donors (Lipinski definition) is 1. The monoisotopic (exact) mass is 356 g/mol. The standard InChI is InChI=1S/C12H22F2N4O2S2/c13-11(14)22(19,20)18-3-1-10(2-4-18)9-16-12(15)17-5-7-21-8-6-17/h10-11H,1-9H2,(H2,15,16). The van der Waals surface area contributed by atoms with Crippen LogP contribution in [0.5, 0.6) is 0 Å². The molecule has 2 saturated heterocycles. The van der Waals surface area contributed by atoms with E-state index in [9.17, 15) is 17.2 Å². The summed E-state index contributed by atoms with van der Waals surface area (Å²) >= 11 is 1.89. The van der Waals surface area contributed by atoms with Crippen molar-refractivity contribution in [3.63, 3.8) is 0 Å². The first-order chi connectivity index (χ1) is 10.4. The maximum absolute atomic E-state index is 12.5. The smallest absolute Gasteiger partial charge is 0.350 e. The first kappa shape index (κ1) is 17.7. The third kappa shape index (κ3) is 4.45. The van der Waals surface area contributed by atoms with E-state index in [1.807, 2.05) is 16.7 Å². The van der Waals surface area contributed by atoms with Gasteiger partial charge in [-0.1, -0.05) is 0 Å². The molecule has 0 aromatic heterocycles. The molecule has 0 bridgehead atoms. The normalized spacial score (nSPS) is 23.2. The Balaban J connectivity index is 1.80. The lowest BCUT2D eigenvalue weighted by Gasteiger charge is -2.31. The topological polar surface area (TPSA) is 79.0 Å². The van der Waals surface area contributed by atoms with Crippen molar-refractivity contribution in [2.45, 2.75) is 18.6 Å². The van der Waals surface area contributed by atoms with Gasteiger partial charge in [-0.15, -0.1) is 0 Å². The van der Waals surface area contributed by atoms with Crippen molar-refractivity contribution in [3.05, 3.63) is 0 Å². The van der Waals surface area contributed by atoms with Crippen LogP contribution in [-0.2, 0) is 10.0 Å². The predicted octanol–water partition coefficient (Wildman–Crippen LogP) is 0.614. The molecule has 2 fully saturated rings. The number of guanidine groups is 1. The molecule has 128 valence electrons. The number of aliphatic imine (C=N–C) groups is 1. The molecule has 6 nitrogen and oxygen atoms in total. The Labute approximate surface area is 134 Å². The van der Waals surface area contributed by atoms with E-state index in [4.69, 9.17) is 5.73 Å².